The molecule has 2 heterocycles. The van der Waals surface area contributed by atoms with Crippen LogP contribution in [0.3, 0.4) is 0 Å². The molecule has 1 aromatic rings. The van der Waals surface area contributed by atoms with Crippen molar-refractivity contribution in [3.8, 4) is 12.3 Å². The second kappa shape index (κ2) is 6.56. The third-order valence-electron chi connectivity index (χ3n) is 2.95. The Labute approximate surface area is 120 Å². The van der Waals surface area contributed by atoms with Gasteiger partial charge in [0.15, 0.2) is 5.82 Å². The molecule has 0 saturated carbocycles. The maximum absolute atomic E-state index is 11.6. The molecule has 0 aromatic carbocycles. The summed E-state index contributed by atoms with van der Waals surface area (Å²) >= 11 is 0. The zero-order valence-corrected chi connectivity index (χ0v) is 11.2. The standard InChI is InChI=1S/C13H14N4O4/c1-2-9-8-14-12(19)15-11(9)16-13(20)21-7-6-17-5-3-4-10(17)18/h1,8H,3-7H2,(H2,14,15,16,19,20). The summed E-state index contributed by atoms with van der Waals surface area (Å²) in [6.45, 7) is 1.09. The number of hydrogen-bond acceptors (Lipinski definition) is 5. The number of terminal acetylenes is 1. The number of nitrogens with one attached hydrogen (secondary N) is 2. The smallest absolute Gasteiger partial charge is 0.412 e. The minimum absolute atomic E-state index is 0.0384. The average molecular weight is 290 g/mol. The lowest BCUT2D eigenvalue weighted by molar-refractivity contribution is -0.128. The summed E-state index contributed by atoms with van der Waals surface area (Å²) < 4.78 is 4.93. The highest BCUT2D eigenvalue weighted by Crippen LogP contribution is 2.09. The topological polar surface area (TPSA) is 104 Å². The van der Waals surface area contributed by atoms with Gasteiger partial charge in [0.05, 0.1) is 12.1 Å². The zero-order valence-electron chi connectivity index (χ0n) is 11.2. The van der Waals surface area contributed by atoms with Crippen LogP contribution in [0.1, 0.15) is 18.4 Å². The first-order valence-corrected chi connectivity index (χ1v) is 6.38. The monoisotopic (exact) mass is 290 g/mol. The van der Waals surface area contributed by atoms with E-state index in [1.165, 1.54) is 6.20 Å². The van der Waals surface area contributed by atoms with E-state index in [1.54, 1.807) is 4.90 Å². The summed E-state index contributed by atoms with van der Waals surface area (Å²) in [6.07, 6.45) is 7.08. The number of nitrogens with zero attached hydrogens (tertiary/aromatic N) is 2. The summed E-state index contributed by atoms with van der Waals surface area (Å²) in [6, 6.07) is 0. The first-order chi connectivity index (χ1) is 10.1. The molecule has 2 rings (SSSR count). The molecule has 21 heavy (non-hydrogen) atoms. The lowest BCUT2D eigenvalue weighted by Gasteiger charge is -2.15. The number of carbonyl (C=O) groups is 2. The molecule has 0 aliphatic carbocycles. The summed E-state index contributed by atoms with van der Waals surface area (Å²) in [7, 11) is 0. The van der Waals surface area contributed by atoms with Gasteiger partial charge in [0.2, 0.25) is 5.91 Å². The molecule has 0 bridgehead atoms. The second-order valence-electron chi connectivity index (χ2n) is 4.36. The van der Waals surface area contributed by atoms with Gasteiger partial charge in [0, 0.05) is 19.2 Å². The van der Waals surface area contributed by atoms with Crippen LogP contribution in [-0.2, 0) is 9.53 Å². The van der Waals surface area contributed by atoms with Crippen molar-refractivity contribution in [3.63, 3.8) is 0 Å². The largest absolute Gasteiger partial charge is 0.447 e. The van der Waals surface area contributed by atoms with Gasteiger partial charge in [-0.15, -0.1) is 6.42 Å². The van der Waals surface area contributed by atoms with Gasteiger partial charge in [0.25, 0.3) is 0 Å². The van der Waals surface area contributed by atoms with E-state index in [1.807, 2.05) is 0 Å². The van der Waals surface area contributed by atoms with Crippen molar-refractivity contribution in [2.24, 2.45) is 0 Å². The van der Waals surface area contributed by atoms with Crippen molar-refractivity contribution >= 4 is 17.8 Å². The van der Waals surface area contributed by atoms with Crippen LogP contribution in [0, 0.1) is 12.3 Å². The van der Waals surface area contributed by atoms with E-state index in [4.69, 9.17) is 11.2 Å². The number of H-pyrrole nitrogens is 1. The Morgan fingerprint density at radius 3 is 3.05 bits per heavy atom. The van der Waals surface area contributed by atoms with Crippen molar-refractivity contribution in [1.29, 1.82) is 0 Å². The zero-order chi connectivity index (χ0) is 15.2. The van der Waals surface area contributed by atoms with E-state index in [-0.39, 0.29) is 23.9 Å². The van der Waals surface area contributed by atoms with Crippen molar-refractivity contribution in [2.45, 2.75) is 12.8 Å². The lowest BCUT2D eigenvalue weighted by Crippen LogP contribution is -2.30. The molecule has 8 nitrogen and oxygen atoms in total. The second-order valence-corrected chi connectivity index (χ2v) is 4.36. The van der Waals surface area contributed by atoms with Crippen molar-refractivity contribution < 1.29 is 14.3 Å². The fraction of sp³-hybridized carbons (Fsp3) is 0.385. The first kappa shape index (κ1) is 14.6. The Hall–Kier alpha value is -2.82. The Morgan fingerprint density at radius 1 is 1.57 bits per heavy atom. The first-order valence-electron chi connectivity index (χ1n) is 6.38. The van der Waals surface area contributed by atoms with Gasteiger partial charge in [-0.25, -0.2) is 9.59 Å². The summed E-state index contributed by atoms with van der Waals surface area (Å²) in [4.78, 5) is 41.5. The predicted molar refractivity (Wildman–Crippen MR) is 73.6 cm³/mol. The van der Waals surface area contributed by atoms with E-state index in [0.29, 0.717) is 19.5 Å². The molecule has 0 spiro atoms. The molecule has 1 aliphatic rings. The molecule has 2 N–H and O–H groups in total. The minimum atomic E-state index is -0.781. The van der Waals surface area contributed by atoms with Gasteiger partial charge in [-0.2, -0.15) is 4.98 Å². The summed E-state index contributed by atoms with van der Waals surface area (Å²) in [5.41, 5.74) is -0.395. The van der Waals surface area contributed by atoms with E-state index in [0.717, 1.165) is 6.42 Å². The highest BCUT2D eigenvalue weighted by atomic mass is 16.5. The van der Waals surface area contributed by atoms with Crippen LogP contribution in [0.15, 0.2) is 11.0 Å². The average Bonchev–Trinajstić information content (AvgIpc) is 2.85. The number of aromatic nitrogens is 2. The molecular weight excluding hydrogens is 276 g/mol. The molecular formula is C13H14N4O4. The molecule has 1 aliphatic heterocycles. The van der Waals surface area contributed by atoms with Gasteiger partial charge in [-0.3, -0.25) is 10.1 Å². The lowest BCUT2D eigenvalue weighted by atomic mass is 10.3. The number of carbonyl (C=O) groups excluding carboxylic acids is 2. The van der Waals surface area contributed by atoms with Crippen molar-refractivity contribution in [1.82, 2.24) is 14.9 Å². The Balaban J connectivity index is 1.85. The number of amides is 2. The van der Waals surface area contributed by atoms with Crippen LogP contribution in [0.4, 0.5) is 10.6 Å². The molecule has 1 aromatic heterocycles. The van der Waals surface area contributed by atoms with E-state index < -0.39 is 11.8 Å². The SMILES string of the molecule is C#Cc1c[nH]c(=O)nc1NC(=O)OCCN1CCCC1=O. The third-order valence-corrected chi connectivity index (χ3v) is 2.95. The number of likely N-dealkylation sites (tertiary alicyclic amines) is 1. The van der Waals surface area contributed by atoms with E-state index in [2.05, 4.69) is 21.2 Å². The van der Waals surface area contributed by atoms with Crippen LogP contribution < -0.4 is 11.0 Å². The quantitative estimate of drug-likeness (QED) is 0.755. The normalized spacial score (nSPS) is 13.9. The highest BCUT2D eigenvalue weighted by Gasteiger charge is 2.20. The van der Waals surface area contributed by atoms with Gasteiger partial charge >= 0.3 is 11.8 Å². The molecule has 1 fully saturated rings. The molecule has 8 heteroatoms. The van der Waals surface area contributed by atoms with Gasteiger partial charge in [-0.05, 0) is 6.42 Å². The van der Waals surface area contributed by atoms with Gasteiger partial charge < -0.3 is 14.6 Å². The molecule has 110 valence electrons. The molecule has 1 saturated heterocycles. The Bertz CT molecular complexity index is 646. The summed E-state index contributed by atoms with van der Waals surface area (Å²) in [5, 5.41) is 2.30. The van der Waals surface area contributed by atoms with Crippen molar-refractivity contribution in [2.75, 3.05) is 25.0 Å². The fourth-order valence-corrected chi connectivity index (χ4v) is 1.92. The van der Waals surface area contributed by atoms with Crippen LogP contribution in [0.2, 0.25) is 0 Å². The number of ether oxygens (including phenoxy) is 1. The third kappa shape index (κ3) is 3.82. The van der Waals surface area contributed by atoms with Crippen LogP contribution in [0.5, 0.6) is 0 Å². The van der Waals surface area contributed by atoms with Crippen molar-refractivity contribution in [3.05, 3.63) is 22.2 Å². The van der Waals surface area contributed by atoms with Gasteiger partial charge in [-0.1, -0.05) is 5.92 Å². The predicted octanol–water partition coefficient (Wildman–Crippen LogP) is -0.0779. The fourth-order valence-electron chi connectivity index (χ4n) is 1.92. The summed E-state index contributed by atoms with van der Waals surface area (Å²) in [5.74, 6) is 2.30. The van der Waals surface area contributed by atoms with E-state index >= 15 is 0 Å². The minimum Gasteiger partial charge on any atom is -0.447 e. The maximum Gasteiger partial charge on any atom is 0.412 e. The number of anilines is 1. The van der Waals surface area contributed by atoms with Gasteiger partial charge in [0.1, 0.15) is 6.61 Å². The molecule has 0 unspecified atom stereocenters. The van der Waals surface area contributed by atoms with Crippen LogP contribution in [0.25, 0.3) is 0 Å². The highest BCUT2D eigenvalue weighted by molar-refractivity contribution is 5.85. The number of rotatable bonds is 4. The maximum atomic E-state index is 11.6. The molecule has 2 amide bonds. The Kier molecular flexibility index (Phi) is 4.56. The number of hydrogen-bond donors (Lipinski definition) is 2. The van der Waals surface area contributed by atoms with Crippen LogP contribution >= 0.6 is 0 Å². The Morgan fingerprint density at radius 2 is 2.38 bits per heavy atom. The molecule has 0 radical (unpaired) electrons. The van der Waals surface area contributed by atoms with E-state index in [9.17, 15) is 14.4 Å². The van der Waals surface area contributed by atoms with Crippen LogP contribution in [-0.4, -0.2) is 46.6 Å². The number of aromatic amines is 1. The molecule has 0 atom stereocenters.